The highest BCUT2D eigenvalue weighted by atomic mass is 16.5. The molecular weight excluding hydrogens is 318 g/mol. The molecule has 0 bridgehead atoms. The zero-order valence-corrected chi connectivity index (χ0v) is 14.4. The zero-order chi connectivity index (χ0) is 17.4. The number of H-pyrrole nitrogens is 1. The third-order valence-corrected chi connectivity index (χ3v) is 4.65. The van der Waals surface area contributed by atoms with Crippen molar-refractivity contribution in [3.05, 3.63) is 46.1 Å². The number of hydrazone groups is 1. The molecule has 3 heterocycles. The van der Waals surface area contributed by atoms with Crippen LogP contribution in [0, 0.1) is 0 Å². The second-order valence-corrected chi connectivity index (χ2v) is 6.76. The Kier molecular flexibility index (Phi) is 4.01. The van der Waals surface area contributed by atoms with Gasteiger partial charge < -0.3 is 14.4 Å². The maximum atomic E-state index is 12.3. The minimum atomic E-state index is -0.227. The van der Waals surface area contributed by atoms with Gasteiger partial charge in [0.1, 0.15) is 5.71 Å². The van der Waals surface area contributed by atoms with Crippen LogP contribution in [0.25, 0.3) is 6.08 Å². The number of aryl methyl sites for hydroxylation is 1. The summed E-state index contributed by atoms with van der Waals surface area (Å²) in [6, 6.07) is 1.70. The molecule has 4 rings (SSSR count). The number of nitrogens with one attached hydrogen (secondary N) is 2. The van der Waals surface area contributed by atoms with Gasteiger partial charge in [-0.15, -0.1) is 0 Å². The van der Waals surface area contributed by atoms with Crippen molar-refractivity contribution in [3.63, 3.8) is 0 Å². The Bertz CT molecular complexity index is 858. The van der Waals surface area contributed by atoms with Crippen LogP contribution in [0.4, 0.5) is 0 Å². The molecule has 0 unspecified atom stereocenters. The standard InChI is InChI=1S/C18H21N5O2/c1-23(2)10-13-11-5-3-4-6-14(11)20-15(13)9-12-17(21-22-18(12)24)16-7-8-19-25-16/h7-9,20H,3-6,10H2,1-2H3,(H,22,24)/b12-9+. The zero-order valence-electron chi connectivity index (χ0n) is 14.4. The van der Waals surface area contributed by atoms with Gasteiger partial charge in [-0.05, 0) is 57.0 Å². The van der Waals surface area contributed by atoms with Crippen LogP contribution in [-0.4, -0.2) is 40.8 Å². The lowest BCUT2D eigenvalue weighted by atomic mass is 9.94. The van der Waals surface area contributed by atoms with Crippen LogP contribution < -0.4 is 5.43 Å². The number of carbonyl (C=O) groups is 1. The Morgan fingerprint density at radius 1 is 1.32 bits per heavy atom. The lowest BCUT2D eigenvalue weighted by Gasteiger charge is -2.15. The third kappa shape index (κ3) is 2.91. The first-order valence-electron chi connectivity index (χ1n) is 8.52. The summed E-state index contributed by atoms with van der Waals surface area (Å²) in [5, 5.41) is 7.81. The smallest absolute Gasteiger partial charge is 0.273 e. The number of nitrogens with zero attached hydrogens (tertiary/aromatic N) is 3. The molecule has 7 heteroatoms. The van der Waals surface area contributed by atoms with Crippen LogP contribution in [0.1, 0.15) is 41.1 Å². The molecule has 1 aliphatic heterocycles. The molecule has 7 nitrogen and oxygen atoms in total. The number of amides is 1. The Hall–Kier alpha value is -2.67. The molecular formula is C18H21N5O2. The first-order valence-corrected chi connectivity index (χ1v) is 8.52. The van der Waals surface area contributed by atoms with Crippen molar-refractivity contribution < 1.29 is 9.32 Å². The highest BCUT2D eigenvalue weighted by Crippen LogP contribution is 2.30. The summed E-state index contributed by atoms with van der Waals surface area (Å²) in [7, 11) is 4.12. The van der Waals surface area contributed by atoms with Crippen molar-refractivity contribution >= 4 is 17.7 Å². The van der Waals surface area contributed by atoms with E-state index in [1.807, 2.05) is 6.08 Å². The first kappa shape index (κ1) is 15.8. The third-order valence-electron chi connectivity index (χ3n) is 4.65. The van der Waals surface area contributed by atoms with Gasteiger partial charge in [0, 0.05) is 24.0 Å². The van der Waals surface area contributed by atoms with E-state index < -0.39 is 0 Å². The van der Waals surface area contributed by atoms with E-state index >= 15 is 0 Å². The van der Waals surface area contributed by atoms with Crippen molar-refractivity contribution in [1.29, 1.82) is 0 Å². The molecule has 2 aromatic rings. The second kappa shape index (κ2) is 6.33. The molecule has 0 radical (unpaired) electrons. The number of carbonyl (C=O) groups excluding carboxylic acids is 1. The molecule has 0 aromatic carbocycles. The van der Waals surface area contributed by atoms with Gasteiger partial charge in [0.2, 0.25) is 0 Å². The lowest BCUT2D eigenvalue weighted by Crippen LogP contribution is -2.15. The molecule has 1 amide bonds. The number of aromatic nitrogens is 2. The average Bonchev–Trinajstić information content (AvgIpc) is 3.29. The summed E-state index contributed by atoms with van der Waals surface area (Å²) in [6.07, 6.45) is 8.01. The predicted octanol–water partition coefficient (Wildman–Crippen LogP) is 1.86. The van der Waals surface area contributed by atoms with Gasteiger partial charge in [-0.2, -0.15) is 5.10 Å². The van der Waals surface area contributed by atoms with E-state index in [-0.39, 0.29) is 5.91 Å². The van der Waals surface area contributed by atoms with Crippen LogP contribution >= 0.6 is 0 Å². The van der Waals surface area contributed by atoms with Gasteiger partial charge in [-0.1, -0.05) is 5.16 Å². The van der Waals surface area contributed by atoms with Gasteiger partial charge in [0.25, 0.3) is 5.91 Å². The fourth-order valence-electron chi connectivity index (χ4n) is 3.54. The monoisotopic (exact) mass is 339 g/mol. The molecule has 2 aromatic heterocycles. The van der Waals surface area contributed by atoms with E-state index in [0.717, 1.165) is 25.1 Å². The number of hydrogen-bond acceptors (Lipinski definition) is 5. The summed E-state index contributed by atoms with van der Waals surface area (Å²) in [4.78, 5) is 18.0. The highest BCUT2D eigenvalue weighted by Gasteiger charge is 2.28. The Balaban J connectivity index is 1.78. The van der Waals surface area contributed by atoms with Gasteiger partial charge in [0.05, 0.1) is 11.8 Å². The van der Waals surface area contributed by atoms with Crippen molar-refractivity contribution in [1.82, 2.24) is 20.5 Å². The van der Waals surface area contributed by atoms with E-state index in [9.17, 15) is 4.79 Å². The molecule has 0 spiro atoms. The number of fused-ring (bicyclic) bond motifs is 1. The van der Waals surface area contributed by atoms with Crippen LogP contribution in [0.2, 0.25) is 0 Å². The molecule has 25 heavy (non-hydrogen) atoms. The Morgan fingerprint density at radius 2 is 2.16 bits per heavy atom. The van der Waals surface area contributed by atoms with Crippen LogP contribution in [-0.2, 0) is 24.2 Å². The summed E-state index contributed by atoms with van der Waals surface area (Å²) in [5.74, 6) is 0.254. The topological polar surface area (TPSA) is 86.5 Å². The van der Waals surface area contributed by atoms with Crippen LogP contribution in [0.5, 0.6) is 0 Å². The number of hydrogen-bond donors (Lipinski definition) is 2. The largest absolute Gasteiger partial charge is 0.358 e. The molecule has 0 fully saturated rings. The van der Waals surface area contributed by atoms with E-state index in [0.29, 0.717) is 17.0 Å². The van der Waals surface area contributed by atoms with Gasteiger partial charge in [-0.25, -0.2) is 5.43 Å². The molecule has 2 N–H and O–H groups in total. The lowest BCUT2D eigenvalue weighted by molar-refractivity contribution is -0.116. The summed E-state index contributed by atoms with van der Waals surface area (Å²) >= 11 is 0. The van der Waals surface area contributed by atoms with Crippen molar-refractivity contribution in [2.45, 2.75) is 32.2 Å². The van der Waals surface area contributed by atoms with Crippen LogP contribution in [0.3, 0.4) is 0 Å². The number of aromatic amines is 1. The Labute approximate surface area is 145 Å². The maximum absolute atomic E-state index is 12.3. The summed E-state index contributed by atoms with van der Waals surface area (Å²) in [5.41, 5.74) is 8.46. The SMILES string of the molecule is CN(C)Cc1c(/C=C2/C(=O)NN=C2c2ccno2)[nH]c2c1CCCC2. The van der Waals surface area contributed by atoms with E-state index in [1.165, 1.54) is 29.7 Å². The van der Waals surface area contributed by atoms with Crippen molar-refractivity contribution in [2.75, 3.05) is 14.1 Å². The average molecular weight is 339 g/mol. The van der Waals surface area contributed by atoms with E-state index in [2.05, 4.69) is 39.7 Å². The van der Waals surface area contributed by atoms with Crippen molar-refractivity contribution in [2.24, 2.45) is 5.10 Å². The van der Waals surface area contributed by atoms with Gasteiger partial charge in [-0.3, -0.25) is 4.79 Å². The fraction of sp³-hybridized carbons (Fsp3) is 0.389. The molecule has 1 aliphatic carbocycles. The van der Waals surface area contributed by atoms with Crippen LogP contribution in [0.15, 0.2) is 27.5 Å². The molecule has 0 atom stereocenters. The molecule has 0 saturated carbocycles. The summed E-state index contributed by atoms with van der Waals surface area (Å²) < 4.78 is 5.18. The maximum Gasteiger partial charge on any atom is 0.273 e. The molecule has 2 aliphatic rings. The normalized spacial score (nSPS) is 18.6. The minimum absolute atomic E-state index is 0.227. The molecule has 130 valence electrons. The second-order valence-electron chi connectivity index (χ2n) is 6.76. The molecule has 0 saturated heterocycles. The van der Waals surface area contributed by atoms with Crippen molar-refractivity contribution in [3.8, 4) is 0 Å². The highest BCUT2D eigenvalue weighted by molar-refractivity contribution is 6.32. The minimum Gasteiger partial charge on any atom is -0.358 e. The predicted molar refractivity (Wildman–Crippen MR) is 94.0 cm³/mol. The van der Waals surface area contributed by atoms with E-state index in [1.54, 1.807) is 12.3 Å². The fourth-order valence-corrected chi connectivity index (χ4v) is 3.54. The van der Waals surface area contributed by atoms with E-state index in [4.69, 9.17) is 4.52 Å². The first-order chi connectivity index (χ1) is 12.1. The van der Waals surface area contributed by atoms with Gasteiger partial charge in [0.15, 0.2) is 5.76 Å². The summed E-state index contributed by atoms with van der Waals surface area (Å²) in [6.45, 7) is 0.835. The van der Waals surface area contributed by atoms with Gasteiger partial charge >= 0.3 is 0 Å². The number of rotatable bonds is 4. The quantitative estimate of drug-likeness (QED) is 0.833. The Morgan fingerprint density at radius 3 is 2.92 bits per heavy atom.